The van der Waals surface area contributed by atoms with Gasteiger partial charge in [0.15, 0.2) is 0 Å². The maximum Gasteiger partial charge on any atom is 0.417 e. The van der Waals surface area contributed by atoms with E-state index in [1.165, 1.54) is 36.5 Å². The summed E-state index contributed by atoms with van der Waals surface area (Å²) >= 11 is 0. The van der Waals surface area contributed by atoms with Gasteiger partial charge in [-0.3, -0.25) is 5.41 Å². The highest BCUT2D eigenvalue weighted by atomic mass is 19.4. The van der Waals surface area contributed by atoms with Gasteiger partial charge in [-0.15, -0.1) is 0 Å². The normalized spacial score (nSPS) is 11.8. The van der Waals surface area contributed by atoms with Crippen LogP contribution < -0.4 is 11.2 Å². The zero-order valence-corrected chi connectivity index (χ0v) is 10.6. The number of hydrogen-bond acceptors (Lipinski definition) is 3. The molecular formula is C13H11F3N4O. The number of guanidine groups is 1. The third-order valence-electron chi connectivity index (χ3n) is 2.50. The minimum Gasteiger partial charge on any atom is -0.455 e. The van der Waals surface area contributed by atoms with Crippen LogP contribution >= 0.6 is 0 Å². The third-order valence-corrected chi connectivity index (χ3v) is 2.50. The molecule has 0 bridgehead atoms. The number of nitrogens with zero attached hydrogens (tertiary/aromatic N) is 1. The van der Waals surface area contributed by atoms with Gasteiger partial charge in [-0.2, -0.15) is 18.3 Å². The molecule has 0 aliphatic rings. The highest BCUT2D eigenvalue weighted by Crippen LogP contribution is 2.37. The van der Waals surface area contributed by atoms with E-state index in [9.17, 15) is 13.2 Å². The molecule has 0 unspecified atom stereocenters. The summed E-state index contributed by atoms with van der Waals surface area (Å²) in [5.41, 5.74) is 6.37. The Hall–Kier alpha value is -2.77. The Morgan fingerprint density at radius 3 is 2.62 bits per heavy atom. The zero-order chi connectivity index (χ0) is 15.5. The lowest BCUT2D eigenvalue weighted by Crippen LogP contribution is -2.25. The number of benzene rings is 1. The number of furan rings is 1. The molecule has 1 heterocycles. The minimum atomic E-state index is -4.46. The molecule has 0 aliphatic heterocycles. The van der Waals surface area contributed by atoms with Crippen molar-refractivity contribution in [3.63, 3.8) is 0 Å². The van der Waals surface area contributed by atoms with E-state index in [1.807, 2.05) is 0 Å². The molecule has 0 atom stereocenters. The lowest BCUT2D eigenvalue weighted by atomic mass is 10.1. The molecule has 1 aromatic heterocycles. The van der Waals surface area contributed by atoms with Gasteiger partial charge in [-0.25, -0.2) is 5.43 Å². The van der Waals surface area contributed by atoms with Gasteiger partial charge < -0.3 is 10.2 Å². The average molecular weight is 296 g/mol. The second kappa shape index (κ2) is 5.70. The second-order valence-corrected chi connectivity index (χ2v) is 4.03. The van der Waals surface area contributed by atoms with Gasteiger partial charge in [0, 0.05) is 5.56 Å². The molecule has 4 N–H and O–H groups in total. The summed E-state index contributed by atoms with van der Waals surface area (Å²) in [6.07, 6.45) is -3.26. The summed E-state index contributed by atoms with van der Waals surface area (Å²) in [5.74, 6) is -0.0524. The van der Waals surface area contributed by atoms with E-state index < -0.39 is 11.7 Å². The molecule has 21 heavy (non-hydrogen) atoms. The van der Waals surface area contributed by atoms with Crippen molar-refractivity contribution in [3.8, 4) is 11.3 Å². The van der Waals surface area contributed by atoms with E-state index in [0.717, 1.165) is 6.07 Å². The van der Waals surface area contributed by atoms with E-state index in [4.69, 9.17) is 15.6 Å². The zero-order valence-electron chi connectivity index (χ0n) is 10.6. The van der Waals surface area contributed by atoms with E-state index >= 15 is 0 Å². The lowest BCUT2D eigenvalue weighted by molar-refractivity contribution is -0.137. The molecule has 2 aromatic rings. The van der Waals surface area contributed by atoms with Crippen LogP contribution in [-0.2, 0) is 6.18 Å². The molecule has 8 heteroatoms. The highest BCUT2D eigenvalue weighted by molar-refractivity contribution is 5.80. The molecule has 0 aliphatic carbocycles. The number of hydrogen-bond donors (Lipinski definition) is 3. The molecule has 0 amide bonds. The Morgan fingerprint density at radius 2 is 1.95 bits per heavy atom. The van der Waals surface area contributed by atoms with Gasteiger partial charge in [-0.1, -0.05) is 18.2 Å². The van der Waals surface area contributed by atoms with Gasteiger partial charge in [-0.05, 0) is 18.2 Å². The second-order valence-electron chi connectivity index (χ2n) is 4.03. The van der Waals surface area contributed by atoms with Crippen LogP contribution in [0.4, 0.5) is 13.2 Å². The van der Waals surface area contributed by atoms with E-state index in [-0.39, 0.29) is 23.0 Å². The van der Waals surface area contributed by atoms with Crippen LogP contribution in [0.2, 0.25) is 0 Å². The Balaban J connectivity index is 2.30. The fraction of sp³-hybridized carbons (Fsp3) is 0.0769. The van der Waals surface area contributed by atoms with Crippen LogP contribution in [0.5, 0.6) is 0 Å². The molecule has 110 valence electrons. The summed E-state index contributed by atoms with van der Waals surface area (Å²) in [5, 5.41) is 10.5. The summed E-state index contributed by atoms with van der Waals surface area (Å²) < 4.78 is 44.0. The first-order valence-electron chi connectivity index (χ1n) is 5.77. The van der Waals surface area contributed by atoms with Crippen molar-refractivity contribution >= 4 is 12.2 Å². The molecular weight excluding hydrogens is 285 g/mol. The molecule has 0 spiro atoms. The van der Waals surface area contributed by atoms with Crippen molar-refractivity contribution in [2.45, 2.75) is 6.18 Å². The third kappa shape index (κ3) is 3.62. The van der Waals surface area contributed by atoms with Crippen molar-refractivity contribution in [2.75, 3.05) is 0 Å². The van der Waals surface area contributed by atoms with Crippen LogP contribution in [0, 0.1) is 5.41 Å². The average Bonchev–Trinajstić information content (AvgIpc) is 2.86. The highest BCUT2D eigenvalue weighted by Gasteiger charge is 2.33. The van der Waals surface area contributed by atoms with Crippen molar-refractivity contribution in [1.82, 2.24) is 5.43 Å². The number of nitrogens with one attached hydrogen (secondary N) is 2. The number of nitrogens with two attached hydrogens (primary N) is 1. The fourth-order valence-electron chi connectivity index (χ4n) is 1.68. The van der Waals surface area contributed by atoms with Crippen molar-refractivity contribution in [3.05, 3.63) is 47.7 Å². The molecule has 1 aromatic carbocycles. The Labute approximate surface area is 117 Å². The van der Waals surface area contributed by atoms with Gasteiger partial charge in [0.25, 0.3) is 0 Å². The standard InChI is InChI=1S/C13H11F3N4O/c14-13(15,16)10-4-2-1-3-9(10)11-6-5-8(21-11)7-19-20-12(17)18/h1-7H,(H4,17,18,20)/b19-7+. The van der Waals surface area contributed by atoms with Crippen LogP contribution in [0.3, 0.4) is 0 Å². The first-order chi connectivity index (χ1) is 9.88. The number of halogens is 3. The van der Waals surface area contributed by atoms with Crippen molar-refractivity contribution in [2.24, 2.45) is 10.8 Å². The largest absolute Gasteiger partial charge is 0.455 e. The van der Waals surface area contributed by atoms with Crippen molar-refractivity contribution < 1.29 is 17.6 Å². The maximum absolute atomic E-state index is 12.9. The topological polar surface area (TPSA) is 87.4 Å². The SMILES string of the molecule is N=C(N)N/N=C/c1ccc(-c2ccccc2C(F)(F)F)o1. The van der Waals surface area contributed by atoms with Crippen LogP contribution in [0.25, 0.3) is 11.3 Å². The van der Waals surface area contributed by atoms with Crippen LogP contribution in [-0.4, -0.2) is 12.2 Å². The summed E-state index contributed by atoms with van der Waals surface area (Å²) in [6, 6.07) is 8.01. The first kappa shape index (κ1) is 14.6. The molecule has 0 saturated heterocycles. The van der Waals surface area contributed by atoms with Crippen molar-refractivity contribution in [1.29, 1.82) is 5.41 Å². The Morgan fingerprint density at radius 1 is 1.24 bits per heavy atom. The number of alkyl halides is 3. The predicted molar refractivity (Wildman–Crippen MR) is 71.8 cm³/mol. The summed E-state index contributed by atoms with van der Waals surface area (Å²) in [4.78, 5) is 0. The molecule has 5 nitrogen and oxygen atoms in total. The first-order valence-corrected chi connectivity index (χ1v) is 5.77. The van der Waals surface area contributed by atoms with Gasteiger partial charge in [0.1, 0.15) is 11.5 Å². The van der Waals surface area contributed by atoms with E-state index in [0.29, 0.717) is 0 Å². The lowest BCUT2D eigenvalue weighted by Gasteiger charge is -2.10. The number of rotatable bonds is 3. The number of hydrazone groups is 1. The van der Waals surface area contributed by atoms with Gasteiger partial charge in [0.05, 0.1) is 11.8 Å². The fourth-order valence-corrected chi connectivity index (χ4v) is 1.68. The molecule has 2 rings (SSSR count). The predicted octanol–water partition coefficient (Wildman–Crippen LogP) is 2.78. The van der Waals surface area contributed by atoms with E-state index in [2.05, 4.69) is 10.5 Å². The minimum absolute atomic E-state index is 0.0517. The Kier molecular flexibility index (Phi) is 3.97. The monoisotopic (exact) mass is 296 g/mol. The van der Waals surface area contributed by atoms with E-state index in [1.54, 1.807) is 0 Å². The molecule has 0 saturated carbocycles. The van der Waals surface area contributed by atoms with Crippen LogP contribution in [0.15, 0.2) is 45.9 Å². The molecule has 0 fully saturated rings. The summed E-state index contributed by atoms with van der Waals surface area (Å²) in [7, 11) is 0. The van der Waals surface area contributed by atoms with Gasteiger partial charge >= 0.3 is 6.18 Å². The van der Waals surface area contributed by atoms with Crippen LogP contribution in [0.1, 0.15) is 11.3 Å². The maximum atomic E-state index is 12.9. The smallest absolute Gasteiger partial charge is 0.417 e. The summed E-state index contributed by atoms with van der Waals surface area (Å²) in [6.45, 7) is 0. The van der Waals surface area contributed by atoms with Gasteiger partial charge in [0.2, 0.25) is 5.96 Å². The quantitative estimate of drug-likeness (QED) is 0.462. The molecule has 0 radical (unpaired) electrons. The Bertz CT molecular complexity index is 676.